The predicted octanol–water partition coefficient (Wildman–Crippen LogP) is 6.54. The Bertz CT molecular complexity index is 963. The zero-order valence-corrected chi connectivity index (χ0v) is 18.4. The van der Waals surface area contributed by atoms with Gasteiger partial charge in [-0.25, -0.2) is 4.98 Å². The number of carbonyl (C=O) groups is 1. The van der Waals surface area contributed by atoms with E-state index in [1.807, 2.05) is 31.2 Å². The van der Waals surface area contributed by atoms with Gasteiger partial charge in [0.05, 0.1) is 18.5 Å². The fraction of sp³-hybridized carbons (Fsp3) is 0.333. The zero-order chi connectivity index (χ0) is 20.8. The lowest BCUT2D eigenvalue weighted by Gasteiger charge is -2.22. The molecule has 5 heteroatoms. The quantitative estimate of drug-likeness (QED) is 0.425. The fourth-order valence-electron chi connectivity index (χ4n) is 3.25. The van der Waals surface area contributed by atoms with E-state index in [-0.39, 0.29) is 5.91 Å². The number of benzene rings is 2. The number of anilines is 2. The molecule has 0 atom stereocenters. The summed E-state index contributed by atoms with van der Waals surface area (Å²) in [5.41, 5.74) is 4.01. The van der Waals surface area contributed by atoms with Crippen molar-refractivity contribution in [1.29, 1.82) is 0 Å². The van der Waals surface area contributed by atoms with E-state index >= 15 is 0 Å². The fourth-order valence-corrected chi connectivity index (χ4v) is 4.47. The van der Waals surface area contributed by atoms with Gasteiger partial charge in [0.1, 0.15) is 5.75 Å². The molecule has 0 spiro atoms. The summed E-state index contributed by atoms with van der Waals surface area (Å²) in [6.45, 7) is 6.26. The van der Waals surface area contributed by atoms with Crippen molar-refractivity contribution in [2.24, 2.45) is 0 Å². The molecule has 0 fully saturated rings. The molecule has 1 aromatic heterocycles. The first-order valence-electron chi connectivity index (χ1n) is 10.1. The molecule has 2 aromatic carbocycles. The Kier molecular flexibility index (Phi) is 7.04. The largest absolute Gasteiger partial charge is 0.495 e. The van der Waals surface area contributed by atoms with Crippen LogP contribution in [0.5, 0.6) is 5.75 Å². The van der Waals surface area contributed by atoms with E-state index in [1.54, 1.807) is 23.3 Å². The van der Waals surface area contributed by atoms with Gasteiger partial charge in [-0.2, -0.15) is 0 Å². The van der Waals surface area contributed by atoms with Crippen LogP contribution < -0.4 is 9.64 Å². The number of ether oxygens (including phenoxy) is 1. The van der Waals surface area contributed by atoms with Crippen molar-refractivity contribution < 1.29 is 9.53 Å². The minimum atomic E-state index is 0.0317. The summed E-state index contributed by atoms with van der Waals surface area (Å²) < 4.78 is 5.54. The van der Waals surface area contributed by atoms with Crippen LogP contribution in [0, 0.1) is 6.92 Å². The number of hydrogen-bond acceptors (Lipinski definition) is 4. The van der Waals surface area contributed by atoms with Gasteiger partial charge in [0.25, 0.3) is 0 Å². The number of para-hydroxylation sites is 2. The highest BCUT2D eigenvalue weighted by molar-refractivity contribution is 7.16. The Balaban J connectivity index is 2.14. The molecular formula is C24H28N2O2S. The molecule has 4 nitrogen and oxygen atoms in total. The lowest BCUT2D eigenvalue weighted by atomic mass is 10.1. The van der Waals surface area contributed by atoms with E-state index in [9.17, 15) is 4.79 Å². The minimum absolute atomic E-state index is 0.0317. The Labute approximate surface area is 177 Å². The van der Waals surface area contributed by atoms with Crippen molar-refractivity contribution in [3.63, 3.8) is 0 Å². The normalized spacial score (nSPS) is 10.8. The molecule has 0 saturated carbocycles. The second-order valence-corrected chi connectivity index (χ2v) is 8.10. The lowest BCUT2D eigenvalue weighted by molar-refractivity contribution is -0.117. The van der Waals surface area contributed by atoms with Crippen molar-refractivity contribution in [1.82, 2.24) is 4.98 Å². The number of methoxy groups -OCH3 is 1. The topological polar surface area (TPSA) is 42.4 Å². The van der Waals surface area contributed by atoms with Crippen LogP contribution in [-0.4, -0.2) is 18.0 Å². The van der Waals surface area contributed by atoms with E-state index in [4.69, 9.17) is 9.72 Å². The lowest BCUT2D eigenvalue weighted by Crippen LogP contribution is -2.25. The minimum Gasteiger partial charge on any atom is -0.495 e. The number of carbonyl (C=O) groups excluding carboxylic acids is 1. The first-order chi connectivity index (χ1) is 14.1. The maximum atomic E-state index is 13.1. The summed E-state index contributed by atoms with van der Waals surface area (Å²) in [4.78, 5) is 21.0. The standard InChI is InChI=1S/C24H28N2O2S/c1-5-9-21-23(18-15-13-17(3)14-16-18)25-24(29-21)26(22(27)10-6-2)19-11-7-8-12-20(19)28-4/h7-8,11-16H,5-6,9-10H2,1-4H3. The van der Waals surface area contributed by atoms with Crippen LogP contribution in [0.1, 0.15) is 43.6 Å². The number of hydrogen-bond donors (Lipinski definition) is 0. The molecule has 3 rings (SSSR count). The van der Waals surface area contributed by atoms with Crippen LogP contribution in [0.25, 0.3) is 11.3 Å². The van der Waals surface area contributed by atoms with Crippen LogP contribution in [0.2, 0.25) is 0 Å². The number of amides is 1. The van der Waals surface area contributed by atoms with Crippen LogP contribution in [0.15, 0.2) is 48.5 Å². The number of aryl methyl sites for hydroxylation is 2. The molecule has 29 heavy (non-hydrogen) atoms. The van der Waals surface area contributed by atoms with Gasteiger partial charge in [0.15, 0.2) is 5.13 Å². The van der Waals surface area contributed by atoms with Crippen LogP contribution >= 0.6 is 11.3 Å². The van der Waals surface area contributed by atoms with Crippen molar-refractivity contribution >= 4 is 28.1 Å². The van der Waals surface area contributed by atoms with Crippen molar-refractivity contribution in [2.75, 3.05) is 12.0 Å². The van der Waals surface area contributed by atoms with E-state index < -0.39 is 0 Å². The Morgan fingerprint density at radius 1 is 1.07 bits per heavy atom. The SMILES string of the molecule is CCCC(=O)N(c1nc(-c2ccc(C)cc2)c(CCC)s1)c1ccccc1OC. The molecule has 1 heterocycles. The zero-order valence-electron chi connectivity index (χ0n) is 17.6. The van der Waals surface area contributed by atoms with Crippen molar-refractivity contribution in [3.05, 3.63) is 59.0 Å². The second-order valence-electron chi connectivity index (χ2n) is 7.04. The maximum absolute atomic E-state index is 13.1. The molecular weight excluding hydrogens is 380 g/mol. The van der Waals surface area contributed by atoms with Crippen LogP contribution in [-0.2, 0) is 11.2 Å². The van der Waals surface area contributed by atoms with Gasteiger partial charge < -0.3 is 4.74 Å². The van der Waals surface area contributed by atoms with Gasteiger partial charge in [-0.15, -0.1) is 11.3 Å². The van der Waals surface area contributed by atoms with Gasteiger partial charge in [-0.3, -0.25) is 9.69 Å². The number of aromatic nitrogens is 1. The number of nitrogens with zero attached hydrogens (tertiary/aromatic N) is 2. The molecule has 0 N–H and O–H groups in total. The first kappa shape index (κ1) is 21.1. The molecule has 152 valence electrons. The Morgan fingerprint density at radius 3 is 2.45 bits per heavy atom. The van der Waals surface area contributed by atoms with Gasteiger partial charge >= 0.3 is 0 Å². The van der Waals surface area contributed by atoms with Gasteiger partial charge in [0.2, 0.25) is 5.91 Å². The third-order valence-electron chi connectivity index (χ3n) is 4.72. The highest BCUT2D eigenvalue weighted by atomic mass is 32.1. The smallest absolute Gasteiger partial charge is 0.233 e. The van der Waals surface area contributed by atoms with Crippen LogP contribution in [0.4, 0.5) is 10.8 Å². The average Bonchev–Trinajstić information content (AvgIpc) is 3.13. The van der Waals surface area contributed by atoms with Gasteiger partial charge in [0, 0.05) is 16.9 Å². The molecule has 0 bridgehead atoms. The summed E-state index contributed by atoms with van der Waals surface area (Å²) in [7, 11) is 1.63. The van der Waals surface area contributed by atoms with Crippen LogP contribution in [0.3, 0.4) is 0 Å². The molecule has 0 saturated heterocycles. The van der Waals surface area contributed by atoms with Gasteiger partial charge in [-0.1, -0.05) is 62.2 Å². The Hall–Kier alpha value is -2.66. The van der Waals surface area contributed by atoms with E-state index in [1.165, 1.54) is 10.4 Å². The summed E-state index contributed by atoms with van der Waals surface area (Å²) in [6.07, 6.45) is 3.20. The predicted molar refractivity (Wildman–Crippen MR) is 121 cm³/mol. The number of thiazole rings is 1. The highest BCUT2D eigenvalue weighted by Gasteiger charge is 2.25. The molecule has 0 aliphatic rings. The maximum Gasteiger partial charge on any atom is 0.233 e. The second kappa shape index (κ2) is 9.70. The average molecular weight is 409 g/mol. The van der Waals surface area contributed by atoms with Gasteiger partial charge in [-0.05, 0) is 31.9 Å². The highest BCUT2D eigenvalue weighted by Crippen LogP contribution is 2.40. The third kappa shape index (κ3) is 4.67. The summed E-state index contributed by atoms with van der Waals surface area (Å²) in [6, 6.07) is 16.0. The number of rotatable bonds is 8. The van der Waals surface area contributed by atoms with E-state index in [2.05, 4.69) is 38.1 Å². The van der Waals surface area contributed by atoms with Crippen molar-refractivity contribution in [3.8, 4) is 17.0 Å². The first-order valence-corrected chi connectivity index (χ1v) is 10.9. The molecule has 0 radical (unpaired) electrons. The molecule has 0 aliphatic heterocycles. The summed E-state index contributed by atoms with van der Waals surface area (Å²) in [5, 5.41) is 0.701. The third-order valence-corrected chi connectivity index (χ3v) is 5.82. The van der Waals surface area contributed by atoms with Crippen molar-refractivity contribution in [2.45, 2.75) is 46.5 Å². The molecule has 3 aromatic rings. The van der Waals surface area contributed by atoms with E-state index in [0.717, 1.165) is 36.2 Å². The van der Waals surface area contributed by atoms with E-state index in [0.29, 0.717) is 17.3 Å². The molecule has 0 aliphatic carbocycles. The summed E-state index contributed by atoms with van der Waals surface area (Å²) >= 11 is 1.60. The molecule has 0 unspecified atom stereocenters. The monoisotopic (exact) mass is 408 g/mol. The Morgan fingerprint density at radius 2 is 1.79 bits per heavy atom. The summed E-state index contributed by atoms with van der Waals surface area (Å²) in [5.74, 6) is 0.699. The molecule has 1 amide bonds.